The van der Waals surface area contributed by atoms with Gasteiger partial charge in [-0.3, -0.25) is 4.79 Å². The Hall–Kier alpha value is -2.02. The Labute approximate surface area is 199 Å². The van der Waals surface area contributed by atoms with Crippen LogP contribution in [0.4, 0.5) is 13.2 Å². The van der Waals surface area contributed by atoms with Gasteiger partial charge in [-0.1, -0.05) is 32.1 Å². The van der Waals surface area contributed by atoms with Gasteiger partial charge in [0.2, 0.25) is 5.91 Å². The van der Waals surface area contributed by atoms with E-state index in [0.717, 1.165) is 37.7 Å². The maximum Gasteiger partial charge on any atom is 0.573 e. The van der Waals surface area contributed by atoms with E-state index in [9.17, 15) is 23.1 Å². The molecule has 5 rings (SSSR count). The van der Waals surface area contributed by atoms with Crippen LogP contribution in [-0.4, -0.2) is 41.5 Å². The summed E-state index contributed by atoms with van der Waals surface area (Å²) in [5.74, 6) is 1.34. The van der Waals surface area contributed by atoms with Crippen LogP contribution in [-0.2, 0) is 11.2 Å². The number of nitrogens with zero attached hydrogens (tertiary/aromatic N) is 1. The van der Waals surface area contributed by atoms with Crippen molar-refractivity contribution in [1.29, 1.82) is 0 Å². The number of ether oxygens (including phenoxy) is 1. The van der Waals surface area contributed by atoms with E-state index in [1.807, 2.05) is 11.9 Å². The summed E-state index contributed by atoms with van der Waals surface area (Å²) in [4.78, 5) is 14.6. The molecule has 3 unspecified atom stereocenters. The molecule has 0 bridgehead atoms. The van der Waals surface area contributed by atoms with Gasteiger partial charge in [0.1, 0.15) is 5.75 Å². The fourth-order valence-corrected chi connectivity index (χ4v) is 8.35. The summed E-state index contributed by atoms with van der Waals surface area (Å²) in [5.41, 5.74) is 0.733. The van der Waals surface area contributed by atoms with E-state index in [2.05, 4.69) is 24.7 Å². The third-order valence-electron chi connectivity index (χ3n) is 9.85. The number of hydrogen-bond donors (Lipinski definition) is 1. The van der Waals surface area contributed by atoms with Gasteiger partial charge in [-0.2, -0.15) is 0 Å². The summed E-state index contributed by atoms with van der Waals surface area (Å²) < 4.78 is 41.7. The van der Waals surface area contributed by atoms with Crippen LogP contribution < -0.4 is 4.74 Å². The zero-order valence-electron chi connectivity index (χ0n) is 20.0. The summed E-state index contributed by atoms with van der Waals surface area (Å²) in [5, 5.41) is 10.8. The Morgan fingerprint density at radius 1 is 1.12 bits per heavy atom. The second-order valence-electron chi connectivity index (χ2n) is 11.5. The number of alkyl halides is 3. The van der Waals surface area contributed by atoms with Crippen molar-refractivity contribution in [2.75, 3.05) is 7.05 Å². The first-order valence-corrected chi connectivity index (χ1v) is 12.4. The molecule has 3 saturated carbocycles. The van der Waals surface area contributed by atoms with E-state index in [1.165, 1.54) is 12.1 Å². The van der Waals surface area contributed by atoms with Crippen molar-refractivity contribution in [3.05, 3.63) is 42.0 Å². The van der Waals surface area contributed by atoms with Gasteiger partial charge in [0.05, 0.1) is 6.10 Å². The van der Waals surface area contributed by atoms with E-state index in [4.69, 9.17) is 0 Å². The van der Waals surface area contributed by atoms with Crippen molar-refractivity contribution in [3.8, 4) is 5.75 Å². The first-order chi connectivity index (χ1) is 15.9. The van der Waals surface area contributed by atoms with Gasteiger partial charge in [-0.05, 0) is 91.4 Å². The van der Waals surface area contributed by atoms with Crippen LogP contribution in [0.1, 0.15) is 51.5 Å². The molecule has 0 aromatic heterocycles. The number of rotatable bonds is 3. The van der Waals surface area contributed by atoms with Crippen molar-refractivity contribution in [2.24, 2.45) is 34.5 Å². The summed E-state index contributed by atoms with van der Waals surface area (Å²) in [6, 6.07) is 6.18. The Morgan fingerprint density at radius 3 is 2.50 bits per heavy atom. The highest BCUT2D eigenvalue weighted by atomic mass is 19.4. The molecule has 1 aromatic rings. The maximum atomic E-state index is 12.7. The molecule has 1 heterocycles. The summed E-state index contributed by atoms with van der Waals surface area (Å²) in [6.07, 6.45) is 4.49. The van der Waals surface area contributed by atoms with Crippen molar-refractivity contribution in [2.45, 2.75) is 70.9 Å². The molecule has 4 nitrogen and oxygen atoms in total. The summed E-state index contributed by atoms with van der Waals surface area (Å²) >= 11 is 0. The number of hydrogen-bond acceptors (Lipinski definition) is 3. The maximum absolute atomic E-state index is 12.7. The molecule has 7 heteroatoms. The molecule has 4 aliphatic rings. The van der Waals surface area contributed by atoms with Gasteiger partial charge in [-0.15, -0.1) is 13.2 Å². The van der Waals surface area contributed by atoms with E-state index >= 15 is 0 Å². The lowest BCUT2D eigenvalue weighted by Gasteiger charge is -2.62. The molecule has 1 aromatic carbocycles. The fraction of sp³-hybridized carbons (Fsp3) is 0.667. The quantitative estimate of drug-likeness (QED) is 0.638. The highest BCUT2D eigenvalue weighted by Crippen LogP contribution is 2.65. The molecule has 1 N–H and O–H groups in total. The molecule has 8 atom stereocenters. The Balaban J connectivity index is 1.46. The molecule has 0 saturated heterocycles. The smallest absolute Gasteiger partial charge is 0.406 e. The molecule has 0 radical (unpaired) electrons. The van der Waals surface area contributed by atoms with Gasteiger partial charge < -0.3 is 14.7 Å². The number of aliphatic hydroxyl groups is 1. The van der Waals surface area contributed by atoms with Gasteiger partial charge in [0, 0.05) is 18.5 Å². The largest absolute Gasteiger partial charge is 0.573 e. The van der Waals surface area contributed by atoms with E-state index in [-0.39, 0.29) is 40.6 Å². The zero-order chi connectivity index (χ0) is 24.5. The highest BCUT2D eigenvalue weighted by molar-refractivity contribution is 5.89. The third kappa shape index (κ3) is 3.75. The van der Waals surface area contributed by atoms with Gasteiger partial charge in [0.25, 0.3) is 0 Å². The first-order valence-electron chi connectivity index (χ1n) is 12.4. The number of aliphatic hydroxyl groups excluding tert-OH is 1. The zero-order valence-corrected chi connectivity index (χ0v) is 20.0. The highest BCUT2D eigenvalue weighted by Gasteiger charge is 2.62. The number of benzene rings is 1. The monoisotopic (exact) mass is 477 g/mol. The van der Waals surface area contributed by atoms with Crippen molar-refractivity contribution in [3.63, 3.8) is 0 Å². The number of fused-ring (bicyclic) bond motifs is 5. The van der Waals surface area contributed by atoms with Crippen LogP contribution in [0, 0.1) is 34.5 Å². The van der Waals surface area contributed by atoms with Crippen molar-refractivity contribution < 1.29 is 27.8 Å². The van der Waals surface area contributed by atoms with Gasteiger partial charge >= 0.3 is 6.36 Å². The molecule has 1 aliphatic heterocycles. The molecule has 34 heavy (non-hydrogen) atoms. The normalized spacial score (nSPS) is 41.6. The van der Waals surface area contributed by atoms with Crippen LogP contribution in [0.5, 0.6) is 5.75 Å². The Morgan fingerprint density at radius 2 is 1.82 bits per heavy atom. The SMILES string of the molecule is CN1C(=O)C=C[C@@]2(C)C1C(Cc1ccc(OC(F)(F)F)cc1)C[C@@H]1[C@H]2CC[C@]2(C)C(O)CC[C@@H]12. The van der Waals surface area contributed by atoms with Crippen LogP contribution >= 0.6 is 0 Å². The molecular formula is C27H34F3NO3. The minimum atomic E-state index is -4.71. The van der Waals surface area contributed by atoms with Crippen molar-refractivity contribution >= 4 is 5.91 Å². The topological polar surface area (TPSA) is 49.8 Å². The standard InChI is InChI=1S/C27H34F3NO3/c1-25-12-10-21-19(20(25)8-9-22(25)32)15-17(24-26(21,2)13-11-23(33)31(24)3)14-16-4-6-18(7-5-16)34-27(28,29)30/h4-7,11,13,17,19-22,24,32H,8-10,12,14-15H2,1-3H3/t17?,19-,20-,21+,22?,24?,25-,26+/m0/s1. The minimum absolute atomic E-state index is 0.0109. The van der Waals surface area contributed by atoms with E-state index < -0.39 is 6.36 Å². The third-order valence-corrected chi connectivity index (χ3v) is 9.85. The molecular weight excluding hydrogens is 443 g/mol. The number of halogens is 3. The summed E-state index contributed by atoms with van der Waals surface area (Å²) in [7, 11) is 1.88. The lowest BCUT2D eigenvalue weighted by atomic mass is 9.46. The van der Waals surface area contributed by atoms with Crippen LogP contribution in [0.25, 0.3) is 0 Å². The van der Waals surface area contributed by atoms with E-state index in [1.54, 1.807) is 18.2 Å². The predicted octanol–water partition coefficient (Wildman–Crippen LogP) is 5.35. The number of likely N-dealkylation sites (N-methyl/N-ethyl adjacent to an activating group) is 1. The lowest BCUT2D eigenvalue weighted by molar-refractivity contribution is -0.274. The Bertz CT molecular complexity index is 976. The molecule has 1 amide bonds. The first kappa shape index (κ1) is 23.7. The van der Waals surface area contributed by atoms with Crippen LogP contribution in [0.15, 0.2) is 36.4 Å². The average molecular weight is 478 g/mol. The summed E-state index contributed by atoms with van der Waals surface area (Å²) in [6.45, 7) is 4.54. The number of amides is 1. The van der Waals surface area contributed by atoms with Crippen LogP contribution in [0.3, 0.4) is 0 Å². The molecule has 0 spiro atoms. The fourth-order valence-electron chi connectivity index (χ4n) is 8.35. The van der Waals surface area contributed by atoms with Crippen LogP contribution in [0.2, 0.25) is 0 Å². The minimum Gasteiger partial charge on any atom is -0.406 e. The second kappa shape index (κ2) is 8.00. The lowest BCUT2D eigenvalue weighted by Crippen LogP contribution is -2.63. The molecule has 3 fully saturated rings. The molecule has 3 aliphatic carbocycles. The number of carbonyl (C=O) groups excluding carboxylic acids is 1. The Kier molecular flexibility index (Phi) is 5.58. The molecule has 186 valence electrons. The second-order valence-corrected chi connectivity index (χ2v) is 11.5. The predicted molar refractivity (Wildman–Crippen MR) is 122 cm³/mol. The van der Waals surface area contributed by atoms with Crippen molar-refractivity contribution in [1.82, 2.24) is 4.90 Å². The average Bonchev–Trinajstić information content (AvgIpc) is 3.06. The van der Waals surface area contributed by atoms with E-state index in [0.29, 0.717) is 24.2 Å². The number of carbonyl (C=O) groups is 1. The van der Waals surface area contributed by atoms with Gasteiger partial charge in [0.15, 0.2) is 0 Å². The van der Waals surface area contributed by atoms with Gasteiger partial charge in [-0.25, -0.2) is 0 Å².